The number of fused-ring (bicyclic) bond motifs is 1. The first-order valence-electron chi connectivity index (χ1n) is 6.91. The largest absolute Gasteiger partial charge is 0.390 e. The number of primary amides is 1. The maximum atomic E-state index is 11.7. The van der Waals surface area contributed by atoms with Crippen LogP contribution in [0.25, 0.3) is 0 Å². The van der Waals surface area contributed by atoms with E-state index in [9.17, 15) is 4.79 Å². The average molecular weight is 286 g/mol. The second-order valence-electron chi connectivity index (χ2n) is 5.32. The van der Waals surface area contributed by atoms with E-state index in [1.54, 1.807) is 0 Å². The minimum absolute atomic E-state index is 0.359. The molecule has 4 N–H and O–H groups in total. The Morgan fingerprint density at radius 1 is 1.30 bits per heavy atom. The SMILES string of the molecule is NC(=O)c1c(N)sc2c1C(Cc1ccccc1)CCC2. The number of benzene rings is 1. The lowest BCUT2D eigenvalue weighted by molar-refractivity contribution is 0.1000. The number of rotatable bonds is 3. The highest BCUT2D eigenvalue weighted by Crippen LogP contribution is 2.43. The molecule has 1 unspecified atom stereocenters. The Bertz CT molecular complexity index is 633. The predicted octanol–water partition coefficient (Wildman–Crippen LogP) is 3.09. The van der Waals surface area contributed by atoms with Gasteiger partial charge in [-0.2, -0.15) is 0 Å². The van der Waals surface area contributed by atoms with Crippen molar-refractivity contribution in [3.63, 3.8) is 0 Å². The minimum atomic E-state index is -0.389. The van der Waals surface area contributed by atoms with Crippen molar-refractivity contribution in [1.82, 2.24) is 0 Å². The van der Waals surface area contributed by atoms with E-state index in [0.717, 1.165) is 31.2 Å². The van der Waals surface area contributed by atoms with Crippen molar-refractivity contribution < 1.29 is 4.79 Å². The molecule has 2 aromatic rings. The van der Waals surface area contributed by atoms with Crippen molar-refractivity contribution in [3.05, 3.63) is 51.9 Å². The Hall–Kier alpha value is -1.81. The second-order valence-corrected chi connectivity index (χ2v) is 6.46. The van der Waals surface area contributed by atoms with Gasteiger partial charge < -0.3 is 11.5 Å². The van der Waals surface area contributed by atoms with Gasteiger partial charge in [-0.15, -0.1) is 11.3 Å². The molecule has 0 bridgehead atoms. The fourth-order valence-electron chi connectivity index (χ4n) is 3.14. The Balaban J connectivity index is 1.99. The first-order chi connectivity index (χ1) is 9.66. The lowest BCUT2D eigenvalue weighted by Crippen LogP contribution is -2.19. The molecule has 1 aliphatic rings. The summed E-state index contributed by atoms with van der Waals surface area (Å²) in [5, 5.41) is 0.586. The molecule has 20 heavy (non-hydrogen) atoms. The van der Waals surface area contributed by atoms with Crippen molar-refractivity contribution in [1.29, 1.82) is 0 Å². The smallest absolute Gasteiger partial charge is 0.251 e. The number of thiophene rings is 1. The number of hydrogen-bond donors (Lipinski definition) is 2. The summed E-state index contributed by atoms with van der Waals surface area (Å²) >= 11 is 1.54. The van der Waals surface area contributed by atoms with E-state index in [-0.39, 0.29) is 5.91 Å². The van der Waals surface area contributed by atoms with Crippen molar-refractivity contribution >= 4 is 22.2 Å². The van der Waals surface area contributed by atoms with Crippen LogP contribution in [0.3, 0.4) is 0 Å². The van der Waals surface area contributed by atoms with E-state index in [1.165, 1.54) is 21.8 Å². The third kappa shape index (κ3) is 2.31. The topological polar surface area (TPSA) is 69.1 Å². The van der Waals surface area contributed by atoms with Gasteiger partial charge in [0.1, 0.15) is 0 Å². The summed E-state index contributed by atoms with van der Waals surface area (Å²) in [7, 11) is 0. The standard InChI is InChI=1S/C16H18N2OS/c17-15(19)14-13-11(9-10-5-2-1-3-6-10)7-4-8-12(13)20-16(14)18/h1-3,5-6,11H,4,7-9,18H2,(H2,17,19). The van der Waals surface area contributed by atoms with E-state index < -0.39 is 0 Å². The van der Waals surface area contributed by atoms with Crippen LogP contribution in [0, 0.1) is 0 Å². The molecule has 1 heterocycles. The molecule has 1 atom stereocenters. The number of nitrogen functional groups attached to an aromatic ring is 1. The van der Waals surface area contributed by atoms with Crippen molar-refractivity contribution in [2.24, 2.45) is 5.73 Å². The molecular formula is C16H18N2OS. The molecule has 0 saturated heterocycles. The molecule has 0 radical (unpaired) electrons. The van der Waals surface area contributed by atoms with Gasteiger partial charge in [0.15, 0.2) is 0 Å². The Labute approximate surface area is 122 Å². The number of nitrogens with two attached hydrogens (primary N) is 2. The van der Waals surface area contributed by atoms with Gasteiger partial charge in [-0.3, -0.25) is 4.79 Å². The quantitative estimate of drug-likeness (QED) is 0.910. The normalized spacial score (nSPS) is 17.7. The number of anilines is 1. The van der Waals surface area contributed by atoms with E-state index in [1.807, 2.05) is 6.07 Å². The molecule has 0 fully saturated rings. The van der Waals surface area contributed by atoms with Crippen LogP contribution in [0.4, 0.5) is 5.00 Å². The summed E-state index contributed by atoms with van der Waals surface area (Å²) in [5.41, 5.74) is 14.5. The van der Waals surface area contributed by atoms with Crippen LogP contribution in [0.15, 0.2) is 30.3 Å². The number of carbonyl (C=O) groups is 1. The molecule has 1 aromatic heterocycles. The zero-order chi connectivity index (χ0) is 14.1. The molecule has 3 rings (SSSR count). The minimum Gasteiger partial charge on any atom is -0.390 e. The van der Waals surface area contributed by atoms with Crippen LogP contribution >= 0.6 is 11.3 Å². The van der Waals surface area contributed by atoms with E-state index in [2.05, 4.69) is 24.3 Å². The molecule has 1 aromatic carbocycles. The Morgan fingerprint density at radius 2 is 2.05 bits per heavy atom. The zero-order valence-corrected chi connectivity index (χ0v) is 12.1. The van der Waals surface area contributed by atoms with E-state index >= 15 is 0 Å². The van der Waals surface area contributed by atoms with Crippen LogP contribution in [0.5, 0.6) is 0 Å². The molecule has 4 heteroatoms. The maximum Gasteiger partial charge on any atom is 0.251 e. The highest BCUT2D eigenvalue weighted by atomic mass is 32.1. The van der Waals surface area contributed by atoms with Crippen LogP contribution < -0.4 is 11.5 Å². The predicted molar refractivity (Wildman–Crippen MR) is 83.1 cm³/mol. The van der Waals surface area contributed by atoms with Gasteiger partial charge in [0.2, 0.25) is 0 Å². The summed E-state index contributed by atoms with van der Waals surface area (Å²) < 4.78 is 0. The van der Waals surface area contributed by atoms with Gasteiger partial charge in [0.25, 0.3) is 5.91 Å². The van der Waals surface area contributed by atoms with Gasteiger partial charge >= 0.3 is 0 Å². The summed E-state index contributed by atoms with van der Waals surface area (Å²) in [6.07, 6.45) is 4.22. The lowest BCUT2D eigenvalue weighted by atomic mass is 9.81. The fraction of sp³-hybridized carbons (Fsp3) is 0.312. The van der Waals surface area contributed by atoms with Gasteiger partial charge in [-0.1, -0.05) is 30.3 Å². The monoisotopic (exact) mass is 286 g/mol. The molecule has 0 aliphatic heterocycles. The van der Waals surface area contributed by atoms with Gasteiger partial charge in [-0.25, -0.2) is 0 Å². The first-order valence-corrected chi connectivity index (χ1v) is 7.73. The summed E-state index contributed by atoms with van der Waals surface area (Å²) in [6, 6.07) is 10.4. The lowest BCUT2D eigenvalue weighted by Gasteiger charge is -2.23. The summed E-state index contributed by atoms with van der Waals surface area (Å²) in [5.74, 6) is -0.0304. The molecule has 1 amide bonds. The molecule has 3 nitrogen and oxygen atoms in total. The van der Waals surface area contributed by atoms with Crippen molar-refractivity contribution in [3.8, 4) is 0 Å². The van der Waals surface area contributed by atoms with E-state index in [4.69, 9.17) is 11.5 Å². The van der Waals surface area contributed by atoms with Crippen LogP contribution in [-0.4, -0.2) is 5.91 Å². The first kappa shape index (κ1) is 13.2. The number of amides is 1. The third-order valence-corrected chi connectivity index (χ3v) is 5.08. The molecule has 0 saturated carbocycles. The Kier molecular flexibility index (Phi) is 3.49. The zero-order valence-electron chi connectivity index (χ0n) is 11.3. The van der Waals surface area contributed by atoms with Crippen LogP contribution in [0.2, 0.25) is 0 Å². The average Bonchev–Trinajstić information content (AvgIpc) is 2.77. The molecular weight excluding hydrogens is 268 g/mol. The van der Waals surface area contributed by atoms with Gasteiger partial charge in [0.05, 0.1) is 10.6 Å². The maximum absolute atomic E-state index is 11.7. The van der Waals surface area contributed by atoms with Crippen molar-refractivity contribution in [2.75, 3.05) is 5.73 Å². The molecule has 1 aliphatic carbocycles. The van der Waals surface area contributed by atoms with Gasteiger partial charge in [-0.05, 0) is 42.7 Å². The third-order valence-electron chi connectivity index (χ3n) is 3.99. The number of hydrogen-bond acceptors (Lipinski definition) is 3. The molecule has 104 valence electrons. The van der Waals surface area contributed by atoms with Crippen LogP contribution in [0.1, 0.15) is 45.1 Å². The highest BCUT2D eigenvalue weighted by molar-refractivity contribution is 7.16. The highest BCUT2D eigenvalue weighted by Gasteiger charge is 2.29. The van der Waals surface area contributed by atoms with Gasteiger partial charge in [0, 0.05) is 4.88 Å². The second kappa shape index (κ2) is 5.29. The fourth-order valence-corrected chi connectivity index (χ4v) is 4.34. The van der Waals surface area contributed by atoms with E-state index in [0.29, 0.717) is 16.5 Å². The number of carbonyl (C=O) groups excluding carboxylic acids is 1. The van der Waals surface area contributed by atoms with Crippen LogP contribution in [-0.2, 0) is 12.8 Å². The summed E-state index contributed by atoms with van der Waals surface area (Å²) in [4.78, 5) is 13.0. The molecule has 0 spiro atoms. The Morgan fingerprint density at radius 3 is 2.75 bits per heavy atom. The van der Waals surface area contributed by atoms with Crippen molar-refractivity contribution in [2.45, 2.75) is 31.6 Å². The summed E-state index contributed by atoms with van der Waals surface area (Å²) in [6.45, 7) is 0. The number of aryl methyl sites for hydroxylation is 1.